The number of aromatic nitrogens is 2. The zero-order valence-corrected chi connectivity index (χ0v) is 13.6. The lowest BCUT2D eigenvalue weighted by molar-refractivity contribution is -0.206. The van der Waals surface area contributed by atoms with E-state index in [9.17, 15) is 18.3 Å². The van der Waals surface area contributed by atoms with E-state index >= 15 is 0 Å². The van der Waals surface area contributed by atoms with Gasteiger partial charge in [-0.15, -0.1) is 0 Å². The van der Waals surface area contributed by atoms with Gasteiger partial charge in [0.2, 0.25) is 0 Å². The highest BCUT2D eigenvalue weighted by molar-refractivity contribution is 5.92. The molecule has 0 aliphatic rings. The quantitative estimate of drug-likeness (QED) is 0.771. The average molecular weight is 351 g/mol. The minimum Gasteiger partial charge on any atom is -0.379 e. The Labute approximate surface area is 141 Å². The molecule has 1 N–H and O–H groups in total. The van der Waals surface area contributed by atoms with E-state index in [0.717, 1.165) is 5.69 Å². The van der Waals surface area contributed by atoms with Crippen LogP contribution in [0.25, 0.3) is 22.2 Å². The van der Waals surface area contributed by atoms with Gasteiger partial charge in [-0.25, -0.2) is 4.63 Å². The molecule has 1 atom stereocenters. The number of anilines is 1. The highest BCUT2D eigenvalue weighted by atomic mass is 19.4. The summed E-state index contributed by atoms with van der Waals surface area (Å²) in [5.41, 5.74) is 2.84. The lowest BCUT2D eigenvalue weighted by Gasteiger charge is -2.18. The largest absolute Gasteiger partial charge is 0.418 e. The Morgan fingerprint density at radius 2 is 1.92 bits per heavy atom. The van der Waals surface area contributed by atoms with Crippen molar-refractivity contribution in [2.24, 2.45) is 0 Å². The van der Waals surface area contributed by atoms with Crippen molar-refractivity contribution >= 4 is 16.7 Å². The van der Waals surface area contributed by atoms with E-state index in [1.54, 1.807) is 12.1 Å². The number of hydrogen-bond acceptors (Lipinski definition) is 5. The number of aliphatic hydroxyl groups is 1. The van der Waals surface area contributed by atoms with Crippen LogP contribution in [-0.4, -0.2) is 35.2 Å². The standard InChI is InChI=1S/C17H16F3N3O2/c1-3-23(2)14-9-12(8-13-15(14)22-25-21-13)10-5-4-6-11(7-10)16(24)17(18,19)20/h4-9,16,24H,3H2,1-2H3. The van der Waals surface area contributed by atoms with Crippen molar-refractivity contribution in [3.8, 4) is 11.1 Å². The van der Waals surface area contributed by atoms with E-state index in [1.165, 1.54) is 18.2 Å². The average Bonchev–Trinajstić information content (AvgIpc) is 3.07. The highest BCUT2D eigenvalue weighted by Gasteiger charge is 2.39. The maximum Gasteiger partial charge on any atom is 0.418 e. The normalized spacial score (nSPS) is 13.2. The molecule has 0 aliphatic carbocycles. The Balaban J connectivity index is 2.11. The van der Waals surface area contributed by atoms with Gasteiger partial charge in [-0.1, -0.05) is 18.2 Å². The number of hydrogen-bond donors (Lipinski definition) is 1. The van der Waals surface area contributed by atoms with Crippen molar-refractivity contribution in [1.82, 2.24) is 10.3 Å². The molecule has 1 heterocycles. The molecule has 8 heteroatoms. The van der Waals surface area contributed by atoms with E-state index in [1.807, 2.05) is 24.9 Å². The zero-order valence-electron chi connectivity index (χ0n) is 13.6. The Morgan fingerprint density at radius 3 is 2.60 bits per heavy atom. The SMILES string of the molecule is CCN(C)c1cc(-c2cccc(C(O)C(F)(F)F)c2)cc2nonc12. The maximum atomic E-state index is 12.8. The highest BCUT2D eigenvalue weighted by Crippen LogP contribution is 2.36. The van der Waals surface area contributed by atoms with Crippen molar-refractivity contribution in [3.05, 3.63) is 42.0 Å². The van der Waals surface area contributed by atoms with Gasteiger partial charge in [0.15, 0.2) is 11.6 Å². The molecule has 2 aromatic carbocycles. The summed E-state index contributed by atoms with van der Waals surface area (Å²) in [5.74, 6) is 0. The predicted molar refractivity (Wildman–Crippen MR) is 87.2 cm³/mol. The second-order valence-electron chi connectivity index (χ2n) is 5.71. The minimum atomic E-state index is -4.72. The van der Waals surface area contributed by atoms with Crippen LogP contribution in [0.3, 0.4) is 0 Å². The van der Waals surface area contributed by atoms with E-state index in [2.05, 4.69) is 10.3 Å². The van der Waals surface area contributed by atoms with Gasteiger partial charge in [0, 0.05) is 13.6 Å². The number of halogens is 3. The third kappa shape index (κ3) is 3.30. The van der Waals surface area contributed by atoms with Gasteiger partial charge in [0.05, 0.1) is 5.69 Å². The van der Waals surface area contributed by atoms with Gasteiger partial charge in [-0.05, 0) is 52.1 Å². The van der Waals surface area contributed by atoms with Crippen LogP contribution in [0.15, 0.2) is 41.0 Å². The van der Waals surface area contributed by atoms with Crippen LogP contribution in [-0.2, 0) is 0 Å². The van der Waals surface area contributed by atoms with Crippen molar-refractivity contribution < 1.29 is 22.9 Å². The first-order chi connectivity index (χ1) is 11.8. The van der Waals surface area contributed by atoms with Gasteiger partial charge in [-0.2, -0.15) is 13.2 Å². The molecule has 0 aliphatic heterocycles. The van der Waals surface area contributed by atoms with Crippen LogP contribution >= 0.6 is 0 Å². The molecule has 0 amide bonds. The summed E-state index contributed by atoms with van der Waals surface area (Å²) < 4.78 is 43.1. The lowest BCUT2D eigenvalue weighted by Crippen LogP contribution is -2.20. The fourth-order valence-electron chi connectivity index (χ4n) is 2.58. The number of nitrogens with zero attached hydrogens (tertiary/aromatic N) is 3. The van der Waals surface area contributed by atoms with Crippen molar-refractivity contribution in [2.45, 2.75) is 19.2 Å². The fourth-order valence-corrected chi connectivity index (χ4v) is 2.58. The molecule has 0 spiro atoms. The van der Waals surface area contributed by atoms with Gasteiger partial charge >= 0.3 is 6.18 Å². The van der Waals surface area contributed by atoms with Gasteiger partial charge in [0.1, 0.15) is 5.52 Å². The van der Waals surface area contributed by atoms with Crippen LogP contribution < -0.4 is 4.90 Å². The predicted octanol–water partition coefficient (Wildman–Crippen LogP) is 3.94. The second kappa shape index (κ2) is 6.36. The number of fused-ring (bicyclic) bond motifs is 1. The van der Waals surface area contributed by atoms with E-state index in [0.29, 0.717) is 28.7 Å². The summed E-state index contributed by atoms with van der Waals surface area (Å²) in [5, 5.41) is 17.2. The molecule has 5 nitrogen and oxygen atoms in total. The first-order valence-corrected chi connectivity index (χ1v) is 7.64. The summed E-state index contributed by atoms with van der Waals surface area (Å²) >= 11 is 0. The summed E-state index contributed by atoms with van der Waals surface area (Å²) in [7, 11) is 1.87. The Kier molecular flexibility index (Phi) is 4.38. The molecular weight excluding hydrogens is 335 g/mol. The fraction of sp³-hybridized carbons (Fsp3) is 0.294. The van der Waals surface area contributed by atoms with Crippen molar-refractivity contribution in [1.29, 1.82) is 0 Å². The summed E-state index contributed by atoms with van der Waals surface area (Å²) in [4.78, 5) is 1.93. The monoisotopic (exact) mass is 351 g/mol. The first kappa shape index (κ1) is 17.2. The van der Waals surface area contributed by atoms with Crippen LogP contribution in [0, 0.1) is 0 Å². The van der Waals surface area contributed by atoms with Crippen LogP contribution in [0.1, 0.15) is 18.6 Å². The minimum absolute atomic E-state index is 0.214. The molecule has 0 saturated carbocycles. The molecule has 1 unspecified atom stereocenters. The van der Waals surface area contributed by atoms with E-state index in [4.69, 9.17) is 4.63 Å². The van der Waals surface area contributed by atoms with Crippen molar-refractivity contribution in [3.63, 3.8) is 0 Å². The van der Waals surface area contributed by atoms with Crippen LogP contribution in [0.5, 0.6) is 0 Å². The topological polar surface area (TPSA) is 62.4 Å². The number of benzene rings is 2. The van der Waals surface area contributed by atoms with E-state index in [-0.39, 0.29) is 5.56 Å². The molecule has 0 radical (unpaired) electrons. The molecule has 3 rings (SSSR count). The van der Waals surface area contributed by atoms with E-state index < -0.39 is 12.3 Å². The molecular formula is C17H16F3N3O2. The lowest BCUT2D eigenvalue weighted by atomic mass is 9.99. The molecule has 25 heavy (non-hydrogen) atoms. The Hall–Kier alpha value is -2.61. The molecule has 0 bridgehead atoms. The molecule has 1 aromatic heterocycles. The number of aliphatic hydroxyl groups excluding tert-OH is 1. The van der Waals surface area contributed by atoms with Crippen LogP contribution in [0.2, 0.25) is 0 Å². The summed E-state index contributed by atoms with van der Waals surface area (Å²) in [6, 6.07) is 9.23. The van der Waals surface area contributed by atoms with Gasteiger partial charge in [0.25, 0.3) is 0 Å². The summed E-state index contributed by atoms with van der Waals surface area (Å²) in [6.07, 6.45) is -7.24. The Bertz CT molecular complexity index is 892. The van der Waals surface area contributed by atoms with Gasteiger partial charge < -0.3 is 10.0 Å². The first-order valence-electron chi connectivity index (χ1n) is 7.64. The molecule has 3 aromatic rings. The van der Waals surface area contributed by atoms with Crippen LogP contribution in [0.4, 0.5) is 18.9 Å². The smallest absolute Gasteiger partial charge is 0.379 e. The Morgan fingerprint density at radius 1 is 1.16 bits per heavy atom. The molecule has 0 fully saturated rings. The van der Waals surface area contributed by atoms with Gasteiger partial charge in [-0.3, -0.25) is 0 Å². The molecule has 132 valence electrons. The second-order valence-corrected chi connectivity index (χ2v) is 5.71. The number of alkyl halides is 3. The number of rotatable bonds is 4. The zero-order chi connectivity index (χ0) is 18.2. The summed E-state index contributed by atoms with van der Waals surface area (Å²) in [6.45, 7) is 2.67. The molecule has 0 saturated heterocycles. The maximum absolute atomic E-state index is 12.8. The van der Waals surface area contributed by atoms with Crippen molar-refractivity contribution in [2.75, 3.05) is 18.5 Å². The third-order valence-corrected chi connectivity index (χ3v) is 4.07. The third-order valence-electron chi connectivity index (χ3n) is 4.07.